The number of carbonyl (C=O) groups is 1. The van der Waals surface area contributed by atoms with E-state index < -0.39 is 11.4 Å². The van der Waals surface area contributed by atoms with Crippen LogP contribution in [0.2, 0.25) is 0 Å². The molecule has 2 aliphatic rings. The highest BCUT2D eigenvalue weighted by molar-refractivity contribution is 5.78. The average Bonchev–Trinajstić information content (AvgIpc) is 3.26. The van der Waals surface area contributed by atoms with E-state index in [9.17, 15) is 9.90 Å². The second kappa shape index (κ2) is 6.36. The molecule has 2 aromatic rings. The van der Waals surface area contributed by atoms with Gasteiger partial charge in [-0.2, -0.15) is 0 Å². The monoisotopic (exact) mass is 357 g/mol. The number of aryl methyl sites for hydroxylation is 1. The van der Waals surface area contributed by atoms with E-state index in [0.29, 0.717) is 31.1 Å². The van der Waals surface area contributed by atoms with E-state index in [0.717, 1.165) is 23.5 Å². The van der Waals surface area contributed by atoms with Gasteiger partial charge in [0.2, 0.25) is 0 Å². The van der Waals surface area contributed by atoms with Crippen molar-refractivity contribution in [2.75, 3.05) is 26.8 Å². The van der Waals surface area contributed by atoms with E-state index >= 15 is 0 Å². The van der Waals surface area contributed by atoms with Crippen molar-refractivity contribution in [3.05, 3.63) is 47.4 Å². The molecule has 138 valence electrons. The van der Waals surface area contributed by atoms with Gasteiger partial charge in [0, 0.05) is 31.0 Å². The summed E-state index contributed by atoms with van der Waals surface area (Å²) in [4.78, 5) is 14.4. The summed E-state index contributed by atoms with van der Waals surface area (Å²) in [5.74, 6) is 2.19. The molecule has 1 fully saturated rings. The van der Waals surface area contributed by atoms with Crippen LogP contribution >= 0.6 is 0 Å². The lowest BCUT2D eigenvalue weighted by atomic mass is 9.73. The first-order chi connectivity index (χ1) is 12.6. The van der Waals surface area contributed by atoms with Crippen LogP contribution in [0.3, 0.4) is 0 Å². The fourth-order valence-corrected chi connectivity index (χ4v) is 4.19. The molecule has 2 atom stereocenters. The van der Waals surface area contributed by atoms with Crippen molar-refractivity contribution in [1.82, 2.24) is 4.90 Å². The molecule has 4 rings (SSSR count). The maximum absolute atomic E-state index is 12.2. The number of fused-ring (bicyclic) bond motifs is 3. The fourth-order valence-electron chi connectivity index (χ4n) is 4.19. The van der Waals surface area contributed by atoms with E-state index in [-0.39, 0.29) is 12.5 Å². The van der Waals surface area contributed by atoms with Gasteiger partial charge >= 0.3 is 5.97 Å². The van der Waals surface area contributed by atoms with Crippen molar-refractivity contribution in [2.24, 2.45) is 5.41 Å². The SMILES string of the molecule is CCc1ccc(CN2C[C@H]3c4cccc(OC)c4OC[C@@]3(C(=O)O)C2)o1. The quantitative estimate of drug-likeness (QED) is 0.887. The molecule has 0 saturated carbocycles. The largest absolute Gasteiger partial charge is 0.493 e. The molecule has 26 heavy (non-hydrogen) atoms. The van der Waals surface area contributed by atoms with E-state index in [1.54, 1.807) is 7.11 Å². The molecule has 0 aliphatic carbocycles. The van der Waals surface area contributed by atoms with Crippen LogP contribution in [-0.4, -0.2) is 42.8 Å². The van der Waals surface area contributed by atoms with E-state index in [1.165, 1.54) is 0 Å². The van der Waals surface area contributed by atoms with Gasteiger partial charge in [0.05, 0.1) is 13.7 Å². The Bertz CT molecular complexity index is 829. The Morgan fingerprint density at radius 2 is 2.15 bits per heavy atom. The number of para-hydroxylation sites is 1. The summed E-state index contributed by atoms with van der Waals surface area (Å²) in [6, 6.07) is 9.64. The van der Waals surface area contributed by atoms with Crippen molar-refractivity contribution in [3.8, 4) is 11.5 Å². The lowest BCUT2D eigenvalue weighted by molar-refractivity contribution is -0.152. The number of likely N-dealkylation sites (tertiary alicyclic amines) is 1. The maximum atomic E-state index is 12.2. The van der Waals surface area contributed by atoms with Gasteiger partial charge in [-0.25, -0.2) is 0 Å². The Kier molecular flexibility index (Phi) is 4.15. The number of hydrogen-bond donors (Lipinski definition) is 1. The van der Waals surface area contributed by atoms with Crippen molar-refractivity contribution in [1.29, 1.82) is 0 Å². The second-order valence-corrected chi connectivity index (χ2v) is 7.07. The molecule has 1 N–H and O–H groups in total. The first-order valence-corrected chi connectivity index (χ1v) is 8.90. The summed E-state index contributed by atoms with van der Waals surface area (Å²) in [7, 11) is 1.60. The summed E-state index contributed by atoms with van der Waals surface area (Å²) in [6.45, 7) is 3.89. The van der Waals surface area contributed by atoms with Gasteiger partial charge in [-0.05, 0) is 18.2 Å². The number of furan rings is 1. The lowest BCUT2D eigenvalue weighted by Gasteiger charge is -2.36. The summed E-state index contributed by atoms with van der Waals surface area (Å²) in [5, 5.41) is 10.0. The van der Waals surface area contributed by atoms with Crippen LogP contribution in [0.25, 0.3) is 0 Å². The number of rotatable bonds is 5. The van der Waals surface area contributed by atoms with Crippen LogP contribution in [0, 0.1) is 5.41 Å². The molecule has 2 aliphatic heterocycles. The molecule has 1 aromatic heterocycles. The third-order valence-corrected chi connectivity index (χ3v) is 5.56. The Morgan fingerprint density at radius 3 is 2.85 bits per heavy atom. The van der Waals surface area contributed by atoms with Crippen LogP contribution in [-0.2, 0) is 17.8 Å². The third kappa shape index (κ3) is 2.56. The number of ether oxygens (including phenoxy) is 2. The zero-order valence-corrected chi connectivity index (χ0v) is 15.0. The van der Waals surface area contributed by atoms with Gasteiger partial charge < -0.3 is 19.0 Å². The number of aliphatic carboxylic acids is 1. The molecule has 0 spiro atoms. The zero-order valence-electron chi connectivity index (χ0n) is 15.0. The molecular formula is C20H23NO5. The molecule has 0 amide bonds. The fraction of sp³-hybridized carbons (Fsp3) is 0.450. The van der Waals surface area contributed by atoms with Crippen LogP contribution in [0.1, 0.15) is 29.9 Å². The Labute approximate surface area is 152 Å². The summed E-state index contributed by atoms with van der Waals surface area (Å²) < 4.78 is 17.1. The number of carboxylic acids is 1. The molecule has 6 nitrogen and oxygen atoms in total. The van der Waals surface area contributed by atoms with Crippen molar-refractivity contribution < 1.29 is 23.8 Å². The number of hydrogen-bond acceptors (Lipinski definition) is 5. The molecule has 1 saturated heterocycles. The van der Waals surface area contributed by atoms with E-state index in [2.05, 4.69) is 4.90 Å². The summed E-state index contributed by atoms with van der Waals surface area (Å²) >= 11 is 0. The molecule has 6 heteroatoms. The minimum absolute atomic E-state index is 0.139. The minimum Gasteiger partial charge on any atom is -0.493 e. The molecule has 0 bridgehead atoms. The lowest BCUT2D eigenvalue weighted by Crippen LogP contribution is -2.45. The average molecular weight is 357 g/mol. The minimum atomic E-state index is -0.945. The Morgan fingerprint density at radius 1 is 1.35 bits per heavy atom. The zero-order chi connectivity index (χ0) is 18.3. The maximum Gasteiger partial charge on any atom is 0.315 e. The van der Waals surface area contributed by atoms with E-state index in [4.69, 9.17) is 13.9 Å². The summed E-state index contributed by atoms with van der Waals surface area (Å²) in [6.07, 6.45) is 0.850. The van der Waals surface area contributed by atoms with Gasteiger partial charge in [0.15, 0.2) is 11.5 Å². The van der Waals surface area contributed by atoms with Crippen molar-refractivity contribution >= 4 is 5.97 Å². The number of benzene rings is 1. The van der Waals surface area contributed by atoms with Gasteiger partial charge in [0.1, 0.15) is 23.5 Å². The van der Waals surface area contributed by atoms with Crippen LogP contribution < -0.4 is 9.47 Å². The van der Waals surface area contributed by atoms with Crippen molar-refractivity contribution in [2.45, 2.75) is 25.8 Å². The number of nitrogens with zero attached hydrogens (tertiary/aromatic N) is 1. The van der Waals surface area contributed by atoms with Gasteiger partial charge in [-0.1, -0.05) is 19.1 Å². The number of methoxy groups -OCH3 is 1. The predicted molar refractivity (Wildman–Crippen MR) is 94.7 cm³/mol. The molecular weight excluding hydrogens is 334 g/mol. The van der Waals surface area contributed by atoms with E-state index in [1.807, 2.05) is 37.3 Å². The first-order valence-electron chi connectivity index (χ1n) is 8.90. The second-order valence-electron chi connectivity index (χ2n) is 7.07. The molecule has 0 unspecified atom stereocenters. The smallest absolute Gasteiger partial charge is 0.315 e. The Hall–Kier alpha value is -2.47. The first kappa shape index (κ1) is 17.0. The van der Waals surface area contributed by atoms with Gasteiger partial charge in [-0.3, -0.25) is 9.69 Å². The highest BCUT2D eigenvalue weighted by Gasteiger charge is 2.57. The molecule has 3 heterocycles. The molecule has 1 aromatic carbocycles. The highest BCUT2D eigenvalue weighted by atomic mass is 16.5. The van der Waals surface area contributed by atoms with Crippen LogP contribution in [0.5, 0.6) is 11.5 Å². The van der Waals surface area contributed by atoms with Gasteiger partial charge in [-0.15, -0.1) is 0 Å². The van der Waals surface area contributed by atoms with Crippen LogP contribution in [0.4, 0.5) is 0 Å². The highest BCUT2D eigenvalue weighted by Crippen LogP contribution is 2.52. The Balaban J connectivity index is 1.65. The third-order valence-electron chi connectivity index (χ3n) is 5.56. The van der Waals surface area contributed by atoms with Gasteiger partial charge in [0.25, 0.3) is 0 Å². The number of carboxylic acid groups (broad SMARTS) is 1. The standard InChI is InChI=1S/C20H23NO5/c1-3-13-7-8-14(26-13)9-21-10-16-15-5-4-6-17(24-2)18(15)25-12-20(16,11-21)19(22)23/h4-8,16H,3,9-12H2,1-2H3,(H,22,23)/t16-,20-/m0/s1. The predicted octanol–water partition coefficient (Wildman–Crippen LogP) is 2.91. The molecule has 0 radical (unpaired) electrons. The van der Waals surface area contributed by atoms with Crippen molar-refractivity contribution in [3.63, 3.8) is 0 Å². The van der Waals surface area contributed by atoms with Crippen LogP contribution in [0.15, 0.2) is 34.7 Å². The topological polar surface area (TPSA) is 72.1 Å². The summed E-state index contributed by atoms with van der Waals surface area (Å²) in [5.41, 5.74) is -0.0336. The normalized spacial score (nSPS) is 24.6.